The molecule has 1 spiro atoms. The standard InChI is InChI=1S/C21H24N2O4/c1-3-12-10-23-16-8-14(12)19(11-24,18(25)26-2)20-9-17(23)27-21(16,20)22-15-7-5-4-6-13(15)20/h3-7,14,16-17,22,24H,8-11H2,1-2H3/b12-3+/t14-,16-,17-,19-,20-,21-/m0/s1. The highest BCUT2D eigenvalue weighted by molar-refractivity contribution is 5.85. The second-order valence-electron chi connectivity index (χ2n) is 8.55. The molecule has 6 nitrogen and oxygen atoms in total. The molecule has 5 aliphatic rings. The van der Waals surface area contributed by atoms with E-state index in [2.05, 4.69) is 28.4 Å². The number of carbonyl (C=O) groups excluding carboxylic acids is 1. The first-order valence-corrected chi connectivity index (χ1v) is 9.75. The number of allylic oxidation sites excluding steroid dienone is 1. The lowest BCUT2D eigenvalue weighted by molar-refractivity contribution is -0.191. The summed E-state index contributed by atoms with van der Waals surface area (Å²) in [7, 11) is 1.43. The summed E-state index contributed by atoms with van der Waals surface area (Å²) in [6, 6.07) is 8.34. The number of anilines is 1. The first-order chi connectivity index (χ1) is 13.1. The number of piperidine rings is 2. The Balaban J connectivity index is 1.73. The number of benzene rings is 1. The molecule has 1 aromatic carbocycles. The van der Waals surface area contributed by atoms with E-state index in [4.69, 9.17) is 9.47 Å². The average Bonchev–Trinajstić information content (AvgIpc) is 3.30. The first kappa shape index (κ1) is 16.1. The van der Waals surface area contributed by atoms with E-state index in [9.17, 15) is 9.90 Å². The Kier molecular flexibility index (Phi) is 2.83. The van der Waals surface area contributed by atoms with Gasteiger partial charge >= 0.3 is 5.97 Å². The molecular weight excluding hydrogens is 344 g/mol. The van der Waals surface area contributed by atoms with Crippen molar-refractivity contribution in [3.05, 3.63) is 41.5 Å². The normalized spacial score (nSPS) is 47.1. The predicted molar refractivity (Wildman–Crippen MR) is 97.9 cm³/mol. The van der Waals surface area contributed by atoms with E-state index in [1.807, 2.05) is 19.1 Å². The van der Waals surface area contributed by atoms with Crippen molar-refractivity contribution in [2.75, 3.05) is 25.6 Å². The van der Waals surface area contributed by atoms with Crippen LogP contribution in [0.3, 0.4) is 0 Å². The van der Waals surface area contributed by atoms with Crippen LogP contribution in [0.25, 0.3) is 0 Å². The predicted octanol–water partition coefficient (Wildman–Crippen LogP) is 1.61. The number of methoxy groups -OCH3 is 1. The number of hydrogen-bond acceptors (Lipinski definition) is 6. The highest BCUT2D eigenvalue weighted by atomic mass is 16.6. The molecular formula is C21H24N2O4. The quantitative estimate of drug-likeness (QED) is 0.611. The number of para-hydroxylation sites is 1. The molecule has 0 unspecified atom stereocenters. The molecule has 1 saturated carbocycles. The molecule has 3 saturated heterocycles. The van der Waals surface area contributed by atoms with Gasteiger partial charge in [-0.25, -0.2) is 0 Å². The minimum Gasteiger partial charge on any atom is -0.468 e. The second kappa shape index (κ2) is 4.74. The van der Waals surface area contributed by atoms with Gasteiger partial charge in [-0.2, -0.15) is 0 Å². The summed E-state index contributed by atoms with van der Waals surface area (Å²) in [4.78, 5) is 15.9. The van der Waals surface area contributed by atoms with E-state index >= 15 is 0 Å². The number of hydrogen-bond donors (Lipinski definition) is 2. The number of aliphatic hydroxyl groups is 1. The zero-order valence-corrected chi connectivity index (χ0v) is 15.6. The third kappa shape index (κ3) is 1.36. The van der Waals surface area contributed by atoms with Crippen LogP contribution >= 0.6 is 0 Å². The lowest BCUT2D eigenvalue weighted by Gasteiger charge is -2.64. The fraction of sp³-hybridized carbons (Fsp3) is 0.571. The summed E-state index contributed by atoms with van der Waals surface area (Å²) in [5, 5.41) is 14.5. The zero-order valence-electron chi connectivity index (χ0n) is 15.6. The number of ether oxygens (including phenoxy) is 2. The van der Waals surface area contributed by atoms with Gasteiger partial charge in [-0.05, 0) is 25.0 Å². The summed E-state index contributed by atoms with van der Waals surface area (Å²) in [6.07, 6.45) is 3.54. The fourth-order valence-electron chi connectivity index (χ4n) is 7.33. The molecule has 0 aromatic heterocycles. The summed E-state index contributed by atoms with van der Waals surface area (Å²) < 4.78 is 12.0. The van der Waals surface area contributed by atoms with Crippen LogP contribution in [0.4, 0.5) is 5.69 Å². The SMILES string of the molecule is C/C=C1\CN2[C@@H]3C[C@@]45c6ccccc6N[C@]4(O3)[C@@H]2C[C@@H]1[C@@]5(CO)C(=O)OC. The molecule has 2 N–H and O–H groups in total. The number of rotatable bonds is 2. The molecule has 142 valence electrons. The van der Waals surface area contributed by atoms with Gasteiger partial charge in [-0.3, -0.25) is 9.69 Å². The maximum absolute atomic E-state index is 13.5. The Morgan fingerprint density at radius 2 is 2.30 bits per heavy atom. The van der Waals surface area contributed by atoms with Gasteiger partial charge in [0, 0.05) is 24.6 Å². The number of nitrogens with zero attached hydrogens (tertiary/aromatic N) is 1. The molecule has 4 fully saturated rings. The first-order valence-electron chi connectivity index (χ1n) is 9.75. The zero-order chi connectivity index (χ0) is 18.6. The van der Waals surface area contributed by atoms with Crippen LogP contribution in [-0.2, 0) is 19.7 Å². The van der Waals surface area contributed by atoms with Crippen LogP contribution in [0.1, 0.15) is 25.3 Å². The van der Waals surface area contributed by atoms with Gasteiger partial charge in [0.05, 0.1) is 25.2 Å². The maximum atomic E-state index is 13.5. The van der Waals surface area contributed by atoms with Gasteiger partial charge in [0.2, 0.25) is 0 Å². The van der Waals surface area contributed by atoms with Crippen molar-refractivity contribution in [1.82, 2.24) is 4.90 Å². The van der Waals surface area contributed by atoms with Gasteiger partial charge in [0.25, 0.3) is 0 Å². The third-order valence-corrected chi connectivity index (χ3v) is 8.18. The largest absolute Gasteiger partial charge is 0.468 e. The molecule has 6 atom stereocenters. The summed E-state index contributed by atoms with van der Waals surface area (Å²) in [6.45, 7) is 2.56. The molecule has 4 bridgehead atoms. The fourth-order valence-corrected chi connectivity index (χ4v) is 7.33. The Morgan fingerprint density at radius 1 is 1.48 bits per heavy atom. The smallest absolute Gasteiger partial charge is 0.315 e. The van der Waals surface area contributed by atoms with Crippen molar-refractivity contribution < 1.29 is 19.4 Å². The van der Waals surface area contributed by atoms with Crippen molar-refractivity contribution in [3.63, 3.8) is 0 Å². The Hall–Kier alpha value is -1.89. The van der Waals surface area contributed by atoms with E-state index in [0.29, 0.717) is 6.42 Å². The van der Waals surface area contributed by atoms with E-state index in [1.165, 1.54) is 12.7 Å². The molecule has 1 aliphatic carbocycles. The van der Waals surface area contributed by atoms with Crippen LogP contribution in [0.5, 0.6) is 0 Å². The molecule has 0 radical (unpaired) electrons. The van der Waals surface area contributed by atoms with Crippen LogP contribution in [0.15, 0.2) is 35.9 Å². The number of carbonyl (C=O) groups is 1. The number of aliphatic hydroxyl groups excluding tert-OH is 1. The number of esters is 1. The monoisotopic (exact) mass is 368 g/mol. The second-order valence-corrected chi connectivity index (χ2v) is 8.55. The molecule has 27 heavy (non-hydrogen) atoms. The van der Waals surface area contributed by atoms with Gasteiger partial charge in [-0.15, -0.1) is 0 Å². The van der Waals surface area contributed by atoms with E-state index in [0.717, 1.165) is 24.2 Å². The Morgan fingerprint density at radius 3 is 3.04 bits per heavy atom. The summed E-state index contributed by atoms with van der Waals surface area (Å²) in [5.41, 5.74) is 0.919. The van der Waals surface area contributed by atoms with Crippen LogP contribution in [0.2, 0.25) is 0 Å². The van der Waals surface area contributed by atoms with Gasteiger partial charge in [-0.1, -0.05) is 29.8 Å². The van der Waals surface area contributed by atoms with E-state index in [1.54, 1.807) is 0 Å². The molecule has 0 amide bonds. The highest BCUT2D eigenvalue weighted by Gasteiger charge is 2.87. The minimum absolute atomic E-state index is 0.0510. The van der Waals surface area contributed by atoms with Crippen molar-refractivity contribution in [2.45, 2.75) is 43.2 Å². The van der Waals surface area contributed by atoms with Gasteiger partial charge in [0.1, 0.15) is 11.6 Å². The summed E-state index contributed by atoms with van der Waals surface area (Å²) in [5.74, 6) is -0.375. The average molecular weight is 368 g/mol. The lowest BCUT2D eigenvalue weighted by Crippen LogP contribution is -2.78. The Labute approximate surface area is 158 Å². The Bertz CT molecular complexity index is 900. The van der Waals surface area contributed by atoms with Crippen molar-refractivity contribution in [2.24, 2.45) is 11.3 Å². The topological polar surface area (TPSA) is 71.0 Å². The number of fused-ring (bicyclic) bond motifs is 4. The molecule has 4 heterocycles. The third-order valence-electron chi connectivity index (χ3n) is 8.18. The lowest BCUT2D eigenvalue weighted by atomic mass is 9.42. The van der Waals surface area contributed by atoms with Crippen molar-refractivity contribution in [3.8, 4) is 0 Å². The van der Waals surface area contributed by atoms with Crippen LogP contribution in [-0.4, -0.2) is 54.2 Å². The summed E-state index contributed by atoms with van der Waals surface area (Å²) >= 11 is 0. The number of nitrogens with one attached hydrogen (secondary N) is 1. The van der Waals surface area contributed by atoms with Gasteiger partial charge in [0.15, 0.2) is 5.72 Å². The maximum Gasteiger partial charge on any atom is 0.315 e. The molecule has 6 heteroatoms. The van der Waals surface area contributed by atoms with Crippen molar-refractivity contribution in [1.29, 1.82) is 0 Å². The van der Waals surface area contributed by atoms with E-state index in [-0.39, 0.29) is 30.8 Å². The molecule has 6 rings (SSSR count). The minimum atomic E-state index is -1.05. The van der Waals surface area contributed by atoms with Gasteiger partial charge < -0.3 is 19.9 Å². The van der Waals surface area contributed by atoms with Crippen molar-refractivity contribution >= 4 is 11.7 Å². The van der Waals surface area contributed by atoms with Crippen LogP contribution < -0.4 is 5.32 Å². The van der Waals surface area contributed by atoms with E-state index < -0.39 is 16.6 Å². The van der Waals surface area contributed by atoms with Crippen LogP contribution in [0, 0.1) is 11.3 Å². The molecule has 1 aromatic rings. The molecule has 4 aliphatic heterocycles. The highest BCUT2D eigenvalue weighted by Crippen LogP contribution is 2.76.